The molecule has 1 saturated carbocycles. The van der Waals surface area contributed by atoms with Crippen molar-refractivity contribution < 1.29 is 9.15 Å². The number of hydrogen-bond donors (Lipinski definition) is 1. The van der Waals surface area contributed by atoms with E-state index in [4.69, 9.17) is 9.15 Å². The van der Waals surface area contributed by atoms with Crippen LogP contribution in [0.3, 0.4) is 0 Å². The molecule has 1 N–H and O–H groups in total. The van der Waals surface area contributed by atoms with Crippen molar-refractivity contribution in [2.75, 3.05) is 5.32 Å². The highest BCUT2D eigenvalue weighted by Crippen LogP contribution is 2.41. The van der Waals surface area contributed by atoms with Gasteiger partial charge in [-0.15, -0.1) is 16.4 Å². The Morgan fingerprint density at radius 3 is 3.00 bits per heavy atom. The molecular formula is C17H16N4O2S. The zero-order valence-electron chi connectivity index (χ0n) is 12.9. The van der Waals surface area contributed by atoms with Crippen molar-refractivity contribution in [1.82, 2.24) is 15.2 Å². The second kappa shape index (κ2) is 5.59. The third-order valence-electron chi connectivity index (χ3n) is 4.28. The van der Waals surface area contributed by atoms with Crippen LogP contribution in [0.4, 0.5) is 6.01 Å². The van der Waals surface area contributed by atoms with Crippen molar-refractivity contribution in [1.29, 1.82) is 0 Å². The van der Waals surface area contributed by atoms with Crippen molar-refractivity contribution in [2.24, 2.45) is 0 Å². The molecule has 0 unspecified atom stereocenters. The number of fused-ring (bicyclic) bond motifs is 1. The van der Waals surface area contributed by atoms with Crippen molar-refractivity contribution >= 4 is 17.4 Å². The molecule has 2 aromatic heterocycles. The summed E-state index contributed by atoms with van der Waals surface area (Å²) >= 11 is 1.74. The lowest BCUT2D eigenvalue weighted by molar-refractivity contribution is 0.199. The van der Waals surface area contributed by atoms with Gasteiger partial charge in [-0.25, -0.2) is 4.98 Å². The molecule has 6 nitrogen and oxygen atoms in total. The molecule has 0 saturated heterocycles. The minimum Gasteiger partial charge on any atom is -0.480 e. The third-order valence-corrected chi connectivity index (χ3v) is 5.34. The fourth-order valence-corrected chi connectivity index (χ4v) is 3.83. The SMILES string of the molecule is c1ccc2c(c1)C[C@@H](c1nnc(NCc3csc(C4CC4)n3)o1)O2. The lowest BCUT2D eigenvalue weighted by atomic mass is 10.1. The van der Waals surface area contributed by atoms with Crippen LogP contribution in [0.1, 0.15) is 47.0 Å². The van der Waals surface area contributed by atoms with Crippen molar-refractivity contribution in [3.8, 4) is 5.75 Å². The third kappa shape index (κ3) is 2.65. The fourth-order valence-electron chi connectivity index (χ4n) is 2.84. The van der Waals surface area contributed by atoms with E-state index in [0.717, 1.165) is 17.9 Å². The van der Waals surface area contributed by atoms with Gasteiger partial charge in [0.05, 0.1) is 17.2 Å². The fraction of sp³-hybridized carbons (Fsp3) is 0.353. The standard InChI is InChI=1S/C17H16N4O2S/c1-2-4-13-11(3-1)7-14(22-13)15-20-21-17(23-15)18-8-12-9-24-16(19-12)10-5-6-10/h1-4,9-10,14H,5-8H2,(H,18,21)/t14-/m0/s1. The van der Waals surface area contributed by atoms with E-state index in [9.17, 15) is 0 Å². The largest absolute Gasteiger partial charge is 0.480 e. The molecule has 0 radical (unpaired) electrons. The smallest absolute Gasteiger partial charge is 0.315 e. The second-order valence-corrected chi connectivity index (χ2v) is 7.06. The first-order valence-electron chi connectivity index (χ1n) is 8.11. The predicted molar refractivity (Wildman–Crippen MR) is 89.2 cm³/mol. The van der Waals surface area contributed by atoms with E-state index in [0.29, 0.717) is 24.4 Å². The molecule has 122 valence electrons. The van der Waals surface area contributed by atoms with Crippen LogP contribution < -0.4 is 10.1 Å². The summed E-state index contributed by atoms with van der Waals surface area (Å²) in [5.41, 5.74) is 2.19. The van der Waals surface area contributed by atoms with Crippen LogP contribution in [-0.2, 0) is 13.0 Å². The van der Waals surface area contributed by atoms with Gasteiger partial charge in [-0.1, -0.05) is 23.3 Å². The van der Waals surface area contributed by atoms with Crippen LogP contribution in [0.5, 0.6) is 5.75 Å². The molecule has 2 aliphatic rings. The van der Waals surface area contributed by atoms with Crippen molar-refractivity contribution in [2.45, 2.75) is 37.8 Å². The summed E-state index contributed by atoms with van der Waals surface area (Å²) in [6.07, 6.45) is 3.11. The van der Waals surface area contributed by atoms with Crippen LogP contribution in [0, 0.1) is 0 Å². The number of anilines is 1. The molecule has 3 heterocycles. The summed E-state index contributed by atoms with van der Waals surface area (Å²) in [5, 5.41) is 14.7. The molecule has 1 aliphatic carbocycles. The number of nitrogens with zero attached hydrogens (tertiary/aromatic N) is 3. The molecule has 1 aromatic carbocycles. The molecular weight excluding hydrogens is 324 g/mol. The van der Waals surface area contributed by atoms with Crippen molar-refractivity contribution in [3.05, 3.63) is 51.8 Å². The van der Waals surface area contributed by atoms with Gasteiger partial charge in [0.25, 0.3) is 5.89 Å². The molecule has 0 bridgehead atoms. The minimum atomic E-state index is -0.203. The maximum atomic E-state index is 5.87. The Kier molecular flexibility index (Phi) is 3.26. The number of thiazole rings is 1. The van der Waals surface area contributed by atoms with E-state index in [1.165, 1.54) is 23.4 Å². The zero-order valence-corrected chi connectivity index (χ0v) is 13.8. The van der Waals surface area contributed by atoms with Gasteiger partial charge in [-0.05, 0) is 24.5 Å². The van der Waals surface area contributed by atoms with Crippen LogP contribution in [0.15, 0.2) is 34.1 Å². The van der Waals surface area contributed by atoms with E-state index < -0.39 is 0 Å². The molecule has 5 rings (SSSR count). The molecule has 7 heteroatoms. The topological polar surface area (TPSA) is 73.1 Å². The van der Waals surface area contributed by atoms with Crippen LogP contribution in [-0.4, -0.2) is 15.2 Å². The van der Waals surface area contributed by atoms with Crippen LogP contribution in [0.2, 0.25) is 0 Å². The minimum absolute atomic E-state index is 0.203. The number of hydrogen-bond acceptors (Lipinski definition) is 7. The van der Waals surface area contributed by atoms with Gasteiger partial charge in [-0.3, -0.25) is 0 Å². The van der Waals surface area contributed by atoms with Crippen molar-refractivity contribution in [3.63, 3.8) is 0 Å². The maximum Gasteiger partial charge on any atom is 0.315 e. The van der Waals surface area contributed by atoms with E-state index in [2.05, 4.69) is 31.9 Å². The maximum absolute atomic E-state index is 5.87. The number of rotatable bonds is 5. The Morgan fingerprint density at radius 1 is 1.21 bits per heavy atom. The zero-order chi connectivity index (χ0) is 15.9. The quantitative estimate of drug-likeness (QED) is 0.763. The molecule has 1 fully saturated rings. The lowest BCUT2D eigenvalue weighted by Crippen LogP contribution is -2.03. The summed E-state index contributed by atoms with van der Waals surface area (Å²) in [6.45, 7) is 0.594. The Balaban J connectivity index is 1.23. The highest BCUT2D eigenvalue weighted by molar-refractivity contribution is 7.09. The van der Waals surface area contributed by atoms with Gasteiger partial charge in [0.15, 0.2) is 6.10 Å². The van der Waals surface area contributed by atoms with E-state index >= 15 is 0 Å². The summed E-state index contributed by atoms with van der Waals surface area (Å²) in [7, 11) is 0. The molecule has 24 heavy (non-hydrogen) atoms. The van der Waals surface area contributed by atoms with Gasteiger partial charge in [0, 0.05) is 17.7 Å². The first kappa shape index (κ1) is 14.0. The number of para-hydroxylation sites is 1. The van der Waals surface area contributed by atoms with E-state index in [-0.39, 0.29) is 6.10 Å². The Bertz CT molecular complexity index is 846. The second-order valence-electron chi connectivity index (χ2n) is 6.17. The summed E-state index contributed by atoms with van der Waals surface area (Å²) in [4.78, 5) is 4.64. The molecule has 0 spiro atoms. The Morgan fingerprint density at radius 2 is 2.12 bits per heavy atom. The monoisotopic (exact) mass is 340 g/mol. The van der Waals surface area contributed by atoms with E-state index in [1.807, 2.05) is 18.2 Å². The number of ether oxygens (including phenoxy) is 1. The van der Waals surface area contributed by atoms with Gasteiger partial charge in [0.2, 0.25) is 0 Å². The molecule has 1 aliphatic heterocycles. The average molecular weight is 340 g/mol. The van der Waals surface area contributed by atoms with Gasteiger partial charge in [0.1, 0.15) is 5.75 Å². The average Bonchev–Trinajstić information content (AvgIpc) is 3.04. The number of benzene rings is 1. The predicted octanol–water partition coefficient (Wildman–Crippen LogP) is 3.69. The lowest BCUT2D eigenvalue weighted by Gasteiger charge is -2.04. The van der Waals surface area contributed by atoms with E-state index in [1.54, 1.807) is 11.3 Å². The first-order valence-corrected chi connectivity index (χ1v) is 8.99. The Hall–Kier alpha value is -2.41. The Labute approximate surface area is 142 Å². The van der Waals surface area contributed by atoms with Crippen LogP contribution >= 0.6 is 11.3 Å². The summed E-state index contributed by atoms with van der Waals surface area (Å²) in [6, 6.07) is 8.40. The first-order chi connectivity index (χ1) is 11.8. The highest BCUT2D eigenvalue weighted by Gasteiger charge is 2.29. The molecule has 0 amide bonds. The van der Waals surface area contributed by atoms with Gasteiger partial charge >= 0.3 is 6.01 Å². The summed E-state index contributed by atoms with van der Waals surface area (Å²) < 4.78 is 11.6. The van der Waals surface area contributed by atoms with Crippen LogP contribution in [0.25, 0.3) is 0 Å². The number of nitrogens with one attached hydrogen (secondary N) is 1. The highest BCUT2D eigenvalue weighted by atomic mass is 32.1. The van der Waals surface area contributed by atoms with Gasteiger partial charge < -0.3 is 14.5 Å². The molecule has 1 atom stereocenters. The summed E-state index contributed by atoms with van der Waals surface area (Å²) in [5.74, 6) is 2.09. The van der Waals surface area contributed by atoms with Gasteiger partial charge in [-0.2, -0.15) is 0 Å². The normalized spacial score (nSPS) is 19.1. The number of aromatic nitrogens is 3. The molecule has 3 aromatic rings.